The summed E-state index contributed by atoms with van der Waals surface area (Å²) < 4.78 is 0. The topological polar surface area (TPSA) is 107 Å². The number of rotatable bonds is 5. The van der Waals surface area contributed by atoms with Crippen LogP contribution in [0.25, 0.3) is 0 Å². The fourth-order valence-electron chi connectivity index (χ4n) is 1.17. The third-order valence-corrected chi connectivity index (χ3v) is 1.80. The molecule has 0 aliphatic rings. The minimum Gasteiger partial charge on any atom is -0.480 e. The molecular weight excluding hydrogens is 216 g/mol. The van der Waals surface area contributed by atoms with Crippen LogP contribution in [0.2, 0.25) is 0 Å². The highest BCUT2D eigenvalue weighted by Crippen LogP contribution is 2.20. The number of carboxylic acids is 2. The van der Waals surface area contributed by atoms with E-state index in [1.807, 2.05) is 0 Å². The minimum atomic E-state index is -1.28. The fraction of sp³-hybridized carbons (Fsp3) is 0.111. The minimum absolute atomic E-state index is 0.0487. The molecule has 0 aliphatic carbocycles. The highest BCUT2D eigenvalue weighted by molar-refractivity contribution is 5.95. The van der Waals surface area contributed by atoms with Crippen LogP contribution in [0.3, 0.4) is 0 Å². The van der Waals surface area contributed by atoms with Crippen molar-refractivity contribution in [2.45, 2.75) is 0 Å². The van der Waals surface area contributed by atoms with E-state index in [-0.39, 0.29) is 11.3 Å². The lowest BCUT2D eigenvalue weighted by Gasteiger charge is -2.14. The summed E-state index contributed by atoms with van der Waals surface area (Å²) >= 11 is 0. The summed E-state index contributed by atoms with van der Waals surface area (Å²) in [5, 5.41) is 20.4. The van der Waals surface area contributed by atoms with Crippen molar-refractivity contribution >= 4 is 17.6 Å². The van der Waals surface area contributed by atoms with Crippen molar-refractivity contribution in [2.75, 3.05) is 11.6 Å². The Balaban J connectivity index is 3.13. The molecular formula is C9H8N2O5. The molecule has 0 saturated carbocycles. The van der Waals surface area contributed by atoms with Gasteiger partial charge in [-0.15, -0.1) is 4.91 Å². The quantitative estimate of drug-likeness (QED) is 0.569. The van der Waals surface area contributed by atoms with E-state index in [9.17, 15) is 14.5 Å². The monoisotopic (exact) mass is 224 g/mol. The summed E-state index contributed by atoms with van der Waals surface area (Å²) in [5.41, 5.74) is -0.226. The van der Waals surface area contributed by atoms with E-state index < -0.39 is 18.5 Å². The largest absolute Gasteiger partial charge is 0.480 e. The number of para-hydroxylation sites is 1. The number of carboxylic acid groups (broad SMARTS) is 2. The van der Waals surface area contributed by atoms with Gasteiger partial charge in [-0.05, 0) is 12.1 Å². The molecule has 16 heavy (non-hydrogen) atoms. The number of nitroso groups, excluding NO2 is 1. The van der Waals surface area contributed by atoms with Gasteiger partial charge in [-0.25, -0.2) is 9.80 Å². The molecule has 7 nitrogen and oxygen atoms in total. The van der Waals surface area contributed by atoms with Gasteiger partial charge in [-0.2, -0.15) is 0 Å². The number of hydrogen-bond acceptors (Lipinski definition) is 4. The Kier molecular flexibility index (Phi) is 3.54. The molecule has 2 N–H and O–H groups in total. The molecule has 0 bridgehead atoms. The summed E-state index contributed by atoms with van der Waals surface area (Å²) in [6.07, 6.45) is 0. The molecule has 0 fully saturated rings. The number of nitrogens with zero attached hydrogens (tertiary/aromatic N) is 2. The molecule has 1 aromatic rings. The van der Waals surface area contributed by atoms with E-state index in [4.69, 9.17) is 10.2 Å². The highest BCUT2D eigenvalue weighted by atomic mass is 16.4. The van der Waals surface area contributed by atoms with E-state index in [1.165, 1.54) is 24.3 Å². The third kappa shape index (κ3) is 2.53. The summed E-state index contributed by atoms with van der Waals surface area (Å²) in [5.74, 6) is -2.53. The number of hydrogen-bond donors (Lipinski definition) is 2. The van der Waals surface area contributed by atoms with Gasteiger partial charge in [0, 0.05) is 0 Å². The Morgan fingerprint density at radius 1 is 1.25 bits per heavy atom. The lowest BCUT2D eigenvalue weighted by Crippen LogP contribution is -2.25. The molecule has 0 saturated heterocycles. The maximum Gasteiger partial charge on any atom is 0.337 e. The van der Waals surface area contributed by atoms with Crippen molar-refractivity contribution in [3.8, 4) is 0 Å². The van der Waals surface area contributed by atoms with E-state index in [0.717, 1.165) is 0 Å². The molecule has 84 valence electrons. The summed E-state index contributed by atoms with van der Waals surface area (Å²) in [6.45, 7) is -0.687. The van der Waals surface area contributed by atoms with Crippen LogP contribution in [-0.4, -0.2) is 28.7 Å². The van der Waals surface area contributed by atoms with Gasteiger partial charge in [0.15, 0.2) is 0 Å². The van der Waals surface area contributed by atoms with Crippen LogP contribution in [0.5, 0.6) is 0 Å². The number of aromatic carboxylic acids is 1. The predicted molar refractivity (Wildman–Crippen MR) is 54.2 cm³/mol. The molecule has 0 aliphatic heterocycles. The number of benzene rings is 1. The van der Waals surface area contributed by atoms with Crippen molar-refractivity contribution in [3.63, 3.8) is 0 Å². The third-order valence-electron chi connectivity index (χ3n) is 1.80. The zero-order chi connectivity index (χ0) is 12.1. The first-order valence-corrected chi connectivity index (χ1v) is 4.21. The van der Waals surface area contributed by atoms with Gasteiger partial charge in [0.2, 0.25) is 0 Å². The normalized spacial score (nSPS) is 9.50. The molecule has 0 heterocycles. The van der Waals surface area contributed by atoms with E-state index >= 15 is 0 Å². The van der Waals surface area contributed by atoms with Crippen molar-refractivity contribution < 1.29 is 19.8 Å². The maximum atomic E-state index is 10.8. The first kappa shape index (κ1) is 11.6. The van der Waals surface area contributed by atoms with Crippen molar-refractivity contribution in [1.82, 2.24) is 0 Å². The zero-order valence-electron chi connectivity index (χ0n) is 8.03. The second-order valence-corrected chi connectivity index (χ2v) is 2.86. The molecule has 0 atom stereocenters. The number of carbonyl (C=O) groups is 2. The number of aliphatic carboxylic acids is 1. The van der Waals surface area contributed by atoms with Gasteiger partial charge in [-0.1, -0.05) is 12.1 Å². The molecule has 7 heteroatoms. The second-order valence-electron chi connectivity index (χ2n) is 2.86. The standard InChI is InChI=1S/C9H8N2O5/c12-8(13)5-11(10-16)7-4-2-1-3-6(7)9(14)15/h1-4H,5H2,(H,12,13)(H,14,15). The molecule has 0 radical (unpaired) electrons. The molecule has 1 aromatic carbocycles. The summed E-state index contributed by atoms with van der Waals surface area (Å²) in [7, 11) is 0. The smallest absolute Gasteiger partial charge is 0.337 e. The number of anilines is 1. The molecule has 0 amide bonds. The van der Waals surface area contributed by atoms with Crippen molar-refractivity contribution in [3.05, 3.63) is 34.7 Å². The Morgan fingerprint density at radius 3 is 2.38 bits per heavy atom. The first-order chi connectivity index (χ1) is 7.56. The SMILES string of the molecule is O=NN(CC(=O)O)c1ccccc1C(=O)O. The van der Waals surface area contributed by atoms with Crippen LogP contribution in [-0.2, 0) is 4.79 Å². The maximum absolute atomic E-state index is 10.8. The van der Waals surface area contributed by atoms with Crippen LogP contribution in [0.4, 0.5) is 5.69 Å². The van der Waals surface area contributed by atoms with Gasteiger partial charge in [0.25, 0.3) is 0 Å². The van der Waals surface area contributed by atoms with E-state index in [0.29, 0.717) is 5.01 Å². The lowest BCUT2D eigenvalue weighted by molar-refractivity contribution is -0.135. The summed E-state index contributed by atoms with van der Waals surface area (Å²) in [6, 6.07) is 5.53. The summed E-state index contributed by atoms with van der Waals surface area (Å²) in [4.78, 5) is 31.7. The predicted octanol–water partition coefficient (Wildman–Crippen LogP) is 0.957. The van der Waals surface area contributed by atoms with Crippen LogP contribution in [0, 0.1) is 4.91 Å². The van der Waals surface area contributed by atoms with Crippen LogP contribution in [0.15, 0.2) is 29.6 Å². The highest BCUT2D eigenvalue weighted by Gasteiger charge is 2.18. The van der Waals surface area contributed by atoms with E-state index in [1.54, 1.807) is 0 Å². The zero-order valence-corrected chi connectivity index (χ0v) is 8.03. The average molecular weight is 224 g/mol. The Bertz CT molecular complexity index is 432. The Morgan fingerprint density at radius 2 is 1.88 bits per heavy atom. The van der Waals surface area contributed by atoms with Crippen molar-refractivity contribution in [1.29, 1.82) is 0 Å². The van der Waals surface area contributed by atoms with Gasteiger partial charge >= 0.3 is 11.9 Å². The lowest BCUT2D eigenvalue weighted by atomic mass is 10.2. The van der Waals surface area contributed by atoms with Gasteiger partial charge in [0.05, 0.1) is 16.5 Å². The first-order valence-electron chi connectivity index (χ1n) is 4.21. The molecule has 0 unspecified atom stereocenters. The van der Waals surface area contributed by atoms with Gasteiger partial charge in [0.1, 0.15) is 6.54 Å². The van der Waals surface area contributed by atoms with Crippen molar-refractivity contribution in [2.24, 2.45) is 5.29 Å². The Hall–Kier alpha value is -2.44. The fourth-order valence-corrected chi connectivity index (χ4v) is 1.17. The van der Waals surface area contributed by atoms with Gasteiger partial charge < -0.3 is 10.2 Å². The molecule has 0 spiro atoms. The average Bonchev–Trinajstić information content (AvgIpc) is 2.25. The molecule has 0 aromatic heterocycles. The second kappa shape index (κ2) is 4.87. The van der Waals surface area contributed by atoms with Crippen LogP contribution >= 0.6 is 0 Å². The molecule has 1 rings (SSSR count). The Labute approximate surface area is 89.9 Å². The van der Waals surface area contributed by atoms with Crippen LogP contribution < -0.4 is 5.01 Å². The van der Waals surface area contributed by atoms with Crippen LogP contribution in [0.1, 0.15) is 10.4 Å². The van der Waals surface area contributed by atoms with Gasteiger partial charge in [-0.3, -0.25) is 4.79 Å². The van der Waals surface area contributed by atoms with E-state index in [2.05, 4.69) is 5.29 Å².